The number of aromatic nitrogens is 1. The smallest absolute Gasteiger partial charge is 0.335 e. The molecular weight excluding hydrogens is 422 g/mol. The number of aromatic carboxylic acids is 1. The molecule has 170 valence electrons. The number of nitrogens with one attached hydrogen (secondary N) is 2. The molecule has 1 unspecified atom stereocenters. The summed E-state index contributed by atoms with van der Waals surface area (Å²) in [6.07, 6.45) is 3.47. The SMILES string of the molecule is CC(C)C(NC(=O)COc1cccc(C(=O)O)c1)C(=O)Nc1ccc(-c2cccnc2)cc1. The third-order valence-electron chi connectivity index (χ3n) is 4.86. The second-order valence-electron chi connectivity index (χ2n) is 7.72. The Labute approximate surface area is 191 Å². The van der Waals surface area contributed by atoms with Crippen LogP contribution >= 0.6 is 0 Å². The van der Waals surface area contributed by atoms with Gasteiger partial charge in [0.15, 0.2) is 6.61 Å². The molecule has 1 atom stereocenters. The fourth-order valence-electron chi connectivity index (χ4n) is 3.12. The molecule has 0 bridgehead atoms. The highest BCUT2D eigenvalue weighted by molar-refractivity contribution is 5.97. The van der Waals surface area contributed by atoms with Crippen LogP contribution in [0.3, 0.4) is 0 Å². The summed E-state index contributed by atoms with van der Waals surface area (Å²) in [5.41, 5.74) is 2.60. The lowest BCUT2D eigenvalue weighted by molar-refractivity contribution is -0.128. The van der Waals surface area contributed by atoms with E-state index in [4.69, 9.17) is 9.84 Å². The van der Waals surface area contributed by atoms with Crippen LogP contribution in [0.2, 0.25) is 0 Å². The van der Waals surface area contributed by atoms with Crippen molar-refractivity contribution < 1.29 is 24.2 Å². The zero-order valence-electron chi connectivity index (χ0n) is 18.3. The molecule has 1 aromatic heterocycles. The largest absolute Gasteiger partial charge is 0.484 e. The number of hydrogen-bond donors (Lipinski definition) is 3. The number of anilines is 1. The second kappa shape index (κ2) is 10.9. The predicted molar refractivity (Wildman–Crippen MR) is 124 cm³/mol. The van der Waals surface area contributed by atoms with Gasteiger partial charge in [0.2, 0.25) is 5.91 Å². The summed E-state index contributed by atoms with van der Waals surface area (Å²) in [7, 11) is 0. The maximum atomic E-state index is 12.8. The van der Waals surface area contributed by atoms with Gasteiger partial charge in [-0.25, -0.2) is 4.79 Å². The first-order chi connectivity index (χ1) is 15.8. The van der Waals surface area contributed by atoms with Crippen LogP contribution < -0.4 is 15.4 Å². The average molecular weight is 447 g/mol. The van der Waals surface area contributed by atoms with Crippen LogP contribution in [0, 0.1) is 5.92 Å². The molecule has 3 N–H and O–H groups in total. The van der Waals surface area contributed by atoms with Crippen molar-refractivity contribution in [2.24, 2.45) is 5.92 Å². The van der Waals surface area contributed by atoms with Crippen molar-refractivity contribution in [2.75, 3.05) is 11.9 Å². The lowest BCUT2D eigenvalue weighted by atomic mass is 10.0. The van der Waals surface area contributed by atoms with Crippen LogP contribution in [0.5, 0.6) is 5.75 Å². The standard InChI is InChI=1S/C25H25N3O5/c1-16(2)23(28-22(29)15-33-21-7-3-5-18(13-21)25(31)32)24(30)27-20-10-8-17(9-11-20)19-6-4-12-26-14-19/h3-14,16,23H,15H2,1-2H3,(H,27,30)(H,28,29)(H,31,32). The van der Waals surface area contributed by atoms with Gasteiger partial charge in [-0.15, -0.1) is 0 Å². The van der Waals surface area contributed by atoms with Crippen molar-refractivity contribution in [3.8, 4) is 16.9 Å². The van der Waals surface area contributed by atoms with Gasteiger partial charge in [0.05, 0.1) is 5.56 Å². The highest BCUT2D eigenvalue weighted by atomic mass is 16.5. The number of carboxylic acid groups (broad SMARTS) is 1. The number of ether oxygens (including phenoxy) is 1. The van der Waals surface area contributed by atoms with E-state index in [1.54, 1.807) is 30.6 Å². The fourth-order valence-corrected chi connectivity index (χ4v) is 3.12. The Kier molecular flexibility index (Phi) is 7.75. The van der Waals surface area contributed by atoms with Crippen molar-refractivity contribution >= 4 is 23.5 Å². The van der Waals surface area contributed by atoms with Crippen LogP contribution in [0.1, 0.15) is 24.2 Å². The molecule has 0 aliphatic rings. The van der Waals surface area contributed by atoms with E-state index in [2.05, 4.69) is 15.6 Å². The molecule has 0 aliphatic heterocycles. The minimum atomic E-state index is -1.09. The molecule has 3 aromatic rings. The molecule has 0 radical (unpaired) electrons. The van der Waals surface area contributed by atoms with Crippen LogP contribution in [0.4, 0.5) is 5.69 Å². The summed E-state index contributed by atoms with van der Waals surface area (Å²) in [6, 6.07) is 16.2. The second-order valence-corrected chi connectivity index (χ2v) is 7.72. The van der Waals surface area contributed by atoms with Gasteiger partial charge in [-0.3, -0.25) is 14.6 Å². The van der Waals surface area contributed by atoms with Gasteiger partial charge in [-0.1, -0.05) is 38.1 Å². The van der Waals surface area contributed by atoms with E-state index in [-0.39, 0.29) is 29.7 Å². The summed E-state index contributed by atoms with van der Waals surface area (Å²) >= 11 is 0. The number of benzene rings is 2. The molecule has 0 spiro atoms. The lowest BCUT2D eigenvalue weighted by Crippen LogP contribution is -2.48. The van der Waals surface area contributed by atoms with E-state index in [0.29, 0.717) is 5.69 Å². The molecule has 0 saturated carbocycles. The summed E-state index contributed by atoms with van der Waals surface area (Å²) < 4.78 is 5.38. The average Bonchev–Trinajstić information content (AvgIpc) is 2.82. The Balaban J connectivity index is 1.58. The number of amides is 2. The number of pyridine rings is 1. The number of rotatable bonds is 9. The number of carbonyl (C=O) groups is 3. The predicted octanol–water partition coefficient (Wildman–Crippen LogP) is 3.61. The van der Waals surface area contributed by atoms with Crippen molar-refractivity contribution in [1.82, 2.24) is 10.3 Å². The Morgan fingerprint density at radius 2 is 1.76 bits per heavy atom. The van der Waals surface area contributed by atoms with E-state index in [1.807, 2.05) is 38.1 Å². The van der Waals surface area contributed by atoms with Crippen molar-refractivity contribution in [3.63, 3.8) is 0 Å². The monoisotopic (exact) mass is 447 g/mol. The van der Waals surface area contributed by atoms with Gasteiger partial charge < -0.3 is 20.5 Å². The molecule has 1 heterocycles. The first-order valence-electron chi connectivity index (χ1n) is 10.4. The molecule has 2 amide bonds. The van der Waals surface area contributed by atoms with Gasteiger partial charge in [0, 0.05) is 18.1 Å². The number of carbonyl (C=O) groups excluding carboxylic acids is 2. The minimum absolute atomic E-state index is 0.0573. The molecule has 0 saturated heterocycles. The molecule has 0 fully saturated rings. The van der Waals surface area contributed by atoms with Crippen LogP contribution in [-0.4, -0.2) is 40.5 Å². The zero-order valence-corrected chi connectivity index (χ0v) is 18.3. The molecule has 8 nitrogen and oxygen atoms in total. The Morgan fingerprint density at radius 3 is 2.39 bits per heavy atom. The van der Waals surface area contributed by atoms with Gasteiger partial charge in [0.1, 0.15) is 11.8 Å². The van der Waals surface area contributed by atoms with Crippen LogP contribution in [-0.2, 0) is 9.59 Å². The number of nitrogens with zero attached hydrogens (tertiary/aromatic N) is 1. The summed E-state index contributed by atoms with van der Waals surface area (Å²) in [5, 5.41) is 14.5. The fraction of sp³-hybridized carbons (Fsp3) is 0.200. The maximum Gasteiger partial charge on any atom is 0.335 e. The van der Waals surface area contributed by atoms with Crippen molar-refractivity contribution in [3.05, 3.63) is 78.6 Å². The Bertz CT molecular complexity index is 1110. The lowest BCUT2D eigenvalue weighted by Gasteiger charge is -2.22. The first-order valence-corrected chi connectivity index (χ1v) is 10.4. The Hall–Kier alpha value is -4.20. The molecular formula is C25H25N3O5. The quantitative estimate of drug-likeness (QED) is 0.461. The molecule has 2 aromatic carbocycles. The summed E-state index contributed by atoms with van der Waals surface area (Å²) in [4.78, 5) is 40.3. The molecule has 33 heavy (non-hydrogen) atoms. The zero-order chi connectivity index (χ0) is 23.8. The van der Waals surface area contributed by atoms with Crippen LogP contribution in [0.25, 0.3) is 11.1 Å². The van der Waals surface area contributed by atoms with E-state index < -0.39 is 17.9 Å². The summed E-state index contributed by atoms with van der Waals surface area (Å²) in [6.45, 7) is 3.31. The maximum absolute atomic E-state index is 12.8. The molecule has 3 rings (SSSR count). The third-order valence-corrected chi connectivity index (χ3v) is 4.86. The van der Waals surface area contributed by atoms with Gasteiger partial charge in [0.25, 0.3) is 5.91 Å². The highest BCUT2D eigenvalue weighted by Gasteiger charge is 2.24. The van der Waals surface area contributed by atoms with E-state index in [1.165, 1.54) is 18.2 Å². The first kappa shape index (κ1) is 23.5. The van der Waals surface area contributed by atoms with Gasteiger partial charge in [-0.2, -0.15) is 0 Å². The highest BCUT2D eigenvalue weighted by Crippen LogP contribution is 2.20. The summed E-state index contributed by atoms with van der Waals surface area (Å²) in [5.74, 6) is -1.84. The normalized spacial score (nSPS) is 11.5. The van der Waals surface area contributed by atoms with Gasteiger partial charge in [-0.05, 0) is 53.4 Å². The number of hydrogen-bond acceptors (Lipinski definition) is 5. The van der Waals surface area contributed by atoms with Gasteiger partial charge >= 0.3 is 5.97 Å². The van der Waals surface area contributed by atoms with E-state index in [9.17, 15) is 14.4 Å². The molecule has 8 heteroatoms. The van der Waals surface area contributed by atoms with Crippen LogP contribution in [0.15, 0.2) is 73.1 Å². The van der Waals surface area contributed by atoms with Crippen molar-refractivity contribution in [1.29, 1.82) is 0 Å². The minimum Gasteiger partial charge on any atom is -0.484 e. The third kappa shape index (κ3) is 6.64. The van der Waals surface area contributed by atoms with E-state index in [0.717, 1.165) is 11.1 Å². The van der Waals surface area contributed by atoms with E-state index >= 15 is 0 Å². The number of carboxylic acids is 1. The van der Waals surface area contributed by atoms with Crippen molar-refractivity contribution in [2.45, 2.75) is 19.9 Å². The Morgan fingerprint density at radius 1 is 1.00 bits per heavy atom. The topological polar surface area (TPSA) is 118 Å². The molecule has 0 aliphatic carbocycles.